The van der Waals surface area contributed by atoms with Crippen molar-refractivity contribution >= 4 is 40.6 Å². The molecular formula is C25H21F2N5O4S. The number of carbonyl (C=O) groups excluding carboxylic acids is 3. The first kappa shape index (κ1) is 25.5. The lowest BCUT2D eigenvalue weighted by atomic mass is 10.1. The van der Waals surface area contributed by atoms with Crippen molar-refractivity contribution < 1.29 is 27.6 Å². The first-order valence-corrected chi connectivity index (χ1v) is 11.7. The molecule has 0 unspecified atom stereocenters. The van der Waals surface area contributed by atoms with Crippen LogP contribution in [0, 0.1) is 18.6 Å². The van der Waals surface area contributed by atoms with E-state index in [0.29, 0.717) is 22.9 Å². The largest absolute Gasteiger partial charge is 0.464 e. The van der Waals surface area contributed by atoms with Crippen LogP contribution in [0.3, 0.4) is 0 Å². The molecule has 0 saturated heterocycles. The van der Waals surface area contributed by atoms with Crippen LogP contribution in [0.2, 0.25) is 0 Å². The normalized spacial score (nSPS) is 11.6. The molecule has 0 radical (unpaired) electrons. The minimum Gasteiger partial charge on any atom is -0.464 e. The highest BCUT2D eigenvalue weighted by Gasteiger charge is 2.38. The van der Waals surface area contributed by atoms with Crippen LogP contribution in [0.15, 0.2) is 65.1 Å². The third kappa shape index (κ3) is 5.33. The quantitative estimate of drug-likeness (QED) is 0.320. The average Bonchev–Trinajstić information content (AvgIpc) is 3.47. The maximum Gasteiger partial charge on any atom is 0.273 e. The van der Waals surface area contributed by atoms with Crippen molar-refractivity contribution in [2.24, 2.45) is 5.73 Å². The molecule has 0 bridgehead atoms. The second kappa shape index (κ2) is 10.6. The van der Waals surface area contributed by atoms with E-state index in [4.69, 9.17) is 15.9 Å². The van der Waals surface area contributed by atoms with Crippen LogP contribution in [0.5, 0.6) is 0 Å². The zero-order chi connectivity index (χ0) is 26.7. The molecule has 3 amide bonds. The molecule has 37 heavy (non-hydrogen) atoms. The van der Waals surface area contributed by atoms with Gasteiger partial charge in [0.05, 0.1) is 11.4 Å². The molecule has 12 heteroatoms. The summed E-state index contributed by atoms with van der Waals surface area (Å²) in [5, 5.41) is 2.69. The number of carbonyl (C=O) groups is 3. The summed E-state index contributed by atoms with van der Waals surface area (Å²) in [5.41, 5.74) is 11.0. The molecule has 5 N–H and O–H groups in total. The van der Waals surface area contributed by atoms with Crippen molar-refractivity contribution in [3.05, 3.63) is 100.0 Å². The molecule has 0 spiro atoms. The topological polar surface area (TPSA) is 145 Å². The lowest BCUT2D eigenvalue weighted by Gasteiger charge is -2.30. The number of hydrogen-bond donors (Lipinski definition) is 3. The van der Waals surface area contributed by atoms with E-state index >= 15 is 4.39 Å². The Morgan fingerprint density at radius 2 is 1.78 bits per heavy atom. The van der Waals surface area contributed by atoms with Gasteiger partial charge in [0.25, 0.3) is 17.7 Å². The third-order valence-corrected chi connectivity index (χ3v) is 6.25. The molecule has 0 fully saturated rings. The molecule has 1 atom stereocenters. The molecular weight excluding hydrogens is 504 g/mol. The highest BCUT2D eigenvalue weighted by atomic mass is 32.1. The standard InChI is InChI=1S/C25H21F2N5O4S/c1-13-6-11-18(36-13)21(24(34)30-12-14-7-9-15(26)10-8-14)32(17-5-3-2-4-16(17)27)25(35)22-19(28)20(23(29)33)31-37-22/h2-11,21H,12,28H2,1H3,(H2,29,33)(H,30,34)/t21-/m0/s1. The van der Waals surface area contributed by atoms with Crippen LogP contribution in [-0.2, 0) is 11.3 Å². The van der Waals surface area contributed by atoms with E-state index in [0.717, 1.165) is 11.0 Å². The Morgan fingerprint density at radius 1 is 1.08 bits per heavy atom. The summed E-state index contributed by atoms with van der Waals surface area (Å²) in [6, 6.07) is 12.4. The summed E-state index contributed by atoms with van der Waals surface area (Å²) in [7, 11) is 0. The van der Waals surface area contributed by atoms with Crippen LogP contribution >= 0.6 is 11.5 Å². The number of amides is 3. The van der Waals surface area contributed by atoms with Gasteiger partial charge in [0.2, 0.25) is 0 Å². The fourth-order valence-corrected chi connectivity index (χ4v) is 4.36. The molecule has 2 heterocycles. The van der Waals surface area contributed by atoms with E-state index in [1.54, 1.807) is 13.0 Å². The van der Waals surface area contributed by atoms with Gasteiger partial charge in [-0.15, -0.1) is 0 Å². The van der Waals surface area contributed by atoms with Gasteiger partial charge in [-0.25, -0.2) is 8.78 Å². The zero-order valence-corrected chi connectivity index (χ0v) is 20.2. The Morgan fingerprint density at radius 3 is 2.38 bits per heavy atom. The fourth-order valence-electron chi connectivity index (χ4n) is 3.61. The van der Waals surface area contributed by atoms with Crippen LogP contribution in [0.1, 0.15) is 43.3 Å². The molecule has 2 aromatic carbocycles. The predicted octanol–water partition coefficient (Wildman–Crippen LogP) is 3.71. The molecule has 0 aliphatic carbocycles. The first-order valence-electron chi connectivity index (χ1n) is 10.9. The first-order chi connectivity index (χ1) is 17.7. The highest BCUT2D eigenvalue weighted by molar-refractivity contribution is 7.09. The summed E-state index contributed by atoms with van der Waals surface area (Å²) in [6.45, 7) is 1.63. The van der Waals surface area contributed by atoms with E-state index in [-0.39, 0.29) is 34.3 Å². The van der Waals surface area contributed by atoms with E-state index in [9.17, 15) is 18.8 Å². The number of aryl methyl sites for hydroxylation is 1. The smallest absolute Gasteiger partial charge is 0.273 e. The van der Waals surface area contributed by atoms with Crippen molar-refractivity contribution in [3.63, 3.8) is 0 Å². The number of halogens is 2. The molecule has 4 aromatic rings. The number of primary amides is 1. The number of nitrogens with zero attached hydrogens (tertiary/aromatic N) is 2. The second-order valence-corrected chi connectivity index (χ2v) is 8.73. The van der Waals surface area contributed by atoms with E-state index < -0.39 is 35.4 Å². The third-order valence-electron chi connectivity index (χ3n) is 5.40. The Labute approximate surface area is 213 Å². The number of nitrogens with two attached hydrogens (primary N) is 2. The van der Waals surface area contributed by atoms with Gasteiger partial charge < -0.3 is 21.2 Å². The summed E-state index contributed by atoms with van der Waals surface area (Å²) >= 11 is 0.595. The molecule has 2 aromatic heterocycles. The van der Waals surface area contributed by atoms with Crippen molar-refractivity contribution in [2.75, 3.05) is 10.6 Å². The van der Waals surface area contributed by atoms with Gasteiger partial charge in [0.1, 0.15) is 28.0 Å². The molecule has 0 aliphatic heterocycles. The van der Waals surface area contributed by atoms with E-state index in [1.165, 1.54) is 48.5 Å². The van der Waals surface area contributed by atoms with E-state index in [1.807, 2.05) is 0 Å². The van der Waals surface area contributed by atoms with Crippen LogP contribution in [0.25, 0.3) is 0 Å². The van der Waals surface area contributed by atoms with Gasteiger partial charge in [-0.2, -0.15) is 4.37 Å². The van der Waals surface area contributed by atoms with Crippen LogP contribution < -0.4 is 21.7 Å². The maximum atomic E-state index is 15.1. The van der Waals surface area contributed by atoms with E-state index in [2.05, 4.69) is 9.69 Å². The number of aromatic nitrogens is 1. The minimum absolute atomic E-state index is 0.0108. The van der Waals surface area contributed by atoms with Gasteiger partial charge >= 0.3 is 0 Å². The van der Waals surface area contributed by atoms with Crippen molar-refractivity contribution in [1.29, 1.82) is 0 Å². The Kier molecular flexibility index (Phi) is 7.30. The SMILES string of the molecule is Cc1ccc([C@@H](C(=O)NCc2ccc(F)cc2)N(C(=O)c2snc(C(N)=O)c2N)c2ccccc2F)o1. The van der Waals surface area contributed by atoms with Gasteiger partial charge in [0, 0.05) is 6.54 Å². The number of benzene rings is 2. The Hall–Kier alpha value is -4.58. The monoisotopic (exact) mass is 525 g/mol. The Balaban J connectivity index is 1.80. The molecule has 9 nitrogen and oxygen atoms in total. The van der Waals surface area contributed by atoms with Gasteiger partial charge in [-0.3, -0.25) is 19.3 Å². The summed E-state index contributed by atoms with van der Waals surface area (Å²) in [6.07, 6.45) is 0. The number of nitrogen functional groups attached to an aromatic ring is 1. The molecule has 190 valence electrons. The Bertz CT molecular complexity index is 1470. The maximum absolute atomic E-state index is 15.1. The predicted molar refractivity (Wildman–Crippen MR) is 133 cm³/mol. The number of hydrogen-bond acceptors (Lipinski definition) is 7. The van der Waals surface area contributed by atoms with Crippen molar-refractivity contribution in [2.45, 2.75) is 19.5 Å². The number of rotatable bonds is 8. The van der Waals surface area contributed by atoms with Crippen LogP contribution in [-0.4, -0.2) is 22.1 Å². The van der Waals surface area contributed by atoms with Crippen molar-refractivity contribution in [1.82, 2.24) is 9.69 Å². The lowest BCUT2D eigenvalue weighted by molar-refractivity contribution is -0.123. The number of para-hydroxylation sites is 1. The minimum atomic E-state index is -1.49. The summed E-state index contributed by atoms with van der Waals surface area (Å²) < 4.78 is 37.9. The molecule has 0 aliphatic rings. The summed E-state index contributed by atoms with van der Waals surface area (Å²) in [4.78, 5) is 39.7. The van der Waals surface area contributed by atoms with Gasteiger partial charge in [-0.05, 0) is 60.4 Å². The van der Waals surface area contributed by atoms with Gasteiger partial charge in [-0.1, -0.05) is 24.3 Å². The number of furan rings is 1. The average molecular weight is 526 g/mol. The summed E-state index contributed by atoms with van der Waals surface area (Å²) in [5.74, 6) is -3.30. The van der Waals surface area contributed by atoms with Crippen molar-refractivity contribution in [3.8, 4) is 0 Å². The molecule has 0 saturated carbocycles. The fraction of sp³-hybridized carbons (Fsp3) is 0.120. The number of anilines is 2. The lowest BCUT2D eigenvalue weighted by Crippen LogP contribution is -2.44. The zero-order valence-electron chi connectivity index (χ0n) is 19.4. The second-order valence-electron chi connectivity index (χ2n) is 7.96. The highest BCUT2D eigenvalue weighted by Crippen LogP contribution is 2.35. The number of nitrogens with one attached hydrogen (secondary N) is 1. The molecule has 4 rings (SSSR count). The van der Waals surface area contributed by atoms with Gasteiger partial charge in [0.15, 0.2) is 11.7 Å². The van der Waals surface area contributed by atoms with Crippen LogP contribution in [0.4, 0.5) is 20.2 Å².